The van der Waals surface area contributed by atoms with E-state index < -0.39 is 34.3 Å². The number of benzene rings is 3. The predicted molar refractivity (Wildman–Crippen MR) is 148 cm³/mol. The fourth-order valence-corrected chi connectivity index (χ4v) is 5.35. The average Bonchev–Trinajstić information content (AvgIpc) is 2.95. The van der Waals surface area contributed by atoms with Gasteiger partial charge in [0, 0.05) is 12.6 Å². The van der Waals surface area contributed by atoms with Crippen LogP contribution >= 0.6 is 0 Å². The number of anilines is 1. The van der Waals surface area contributed by atoms with E-state index >= 15 is 0 Å². The summed E-state index contributed by atoms with van der Waals surface area (Å²) in [6, 6.07) is 18.8. The lowest BCUT2D eigenvalue weighted by molar-refractivity contribution is -0.139. The van der Waals surface area contributed by atoms with E-state index in [0.717, 1.165) is 4.31 Å². The fourth-order valence-electron chi connectivity index (χ4n) is 3.90. The molecule has 208 valence electrons. The lowest BCUT2D eigenvalue weighted by Gasteiger charge is -2.32. The molecule has 0 heterocycles. The second-order valence-electron chi connectivity index (χ2n) is 9.14. The lowest BCUT2D eigenvalue weighted by Crippen LogP contribution is -2.52. The van der Waals surface area contributed by atoms with Crippen LogP contribution in [0, 0.1) is 5.82 Å². The maximum atomic E-state index is 13.9. The van der Waals surface area contributed by atoms with E-state index in [1.54, 1.807) is 49.4 Å². The number of rotatable bonds is 12. The summed E-state index contributed by atoms with van der Waals surface area (Å²) in [5, 5.41) is 2.87. The van der Waals surface area contributed by atoms with Crippen LogP contribution in [0.1, 0.15) is 32.8 Å². The summed E-state index contributed by atoms with van der Waals surface area (Å²) in [4.78, 5) is 28.3. The molecule has 3 aromatic carbocycles. The molecule has 0 spiro atoms. The van der Waals surface area contributed by atoms with Crippen LogP contribution in [0.2, 0.25) is 0 Å². The third-order valence-electron chi connectivity index (χ3n) is 6.40. The summed E-state index contributed by atoms with van der Waals surface area (Å²) < 4.78 is 47.6. The molecule has 0 fully saturated rings. The summed E-state index contributed by atoms with van der Waals surface area (Å²) in [6.07, 6.45) is 0.696. The quantitative estimate of drug-likeness (QED) is 0.358. The van der Waals surface area contributed by atoms with Crippen LogP contribution in [-0.2, 0) is 26.2 Å². The molecule has 0 saturated carbocycles. The molecule has 0 bridgehead atoms. The van der Waals surface area contributed by atoms with Crippen molar-refractivity contribution in [1.29, 1.82) is 0 Å². The molecule has 3 rings (SSSR count). The third-order valence-corrected chi connectivity index (χ3v) is 8.17. The van der Waals surface area contributed by atoms with E-state index in [4.69, 9.17) is 4.74 Å². The molecule has 2 amide bonds. The van der Waals surface area contributed by atoms with Gasteiger partial charge in [-0.25, -0.2) is 12.8 Å². The molecule has 10 heteroatoms. The third kappa shape index (κ3) is 7.35. The highest BCUT2D eigenvalue weighted by molar-refractivity contribution is 7.92. The number of sulfonamides is 1. The number of ether oxygens (including phenoxy) is 1. The minimum Gasteiger partial charge on any atom is -0.495 e. The Hall–Kier alpha value is -3.92. The minimum atomic E-state index is -4.21. The zero-order chi connectivity index (χ0) is 28.6. The van der Waals surface area contributed by atoms with Gasteiger partial charge < -0.3 is 15.0 Å². The Bertz CT molecular complexity index is 1370. The van der Waals surface area contributed by atoms with Crippen LogP contribution in [-0.4, -0.2) is 50.9 Å². The van der Waals surface area contributed by atoms with E-state index in [9.17, 15) is 22.4 Å². The molecule has 0 aliphatic heterocycles. The van der Waals surface area contributed by atoms with Crippen LogP contribution in [0.3, 0.4) is 0 Å². The van der Waals surface area contributed by atoms with Crippen molar-refractivity contribution in [1.82, 2.24) is 10.2 Å². The van der Waals surface area contributed by atoms with Crippen molar-refractivity contribution < 1.29 is 27.1 Å². The zero-order valence-corrected chi connectivity index (χ0v) is 23.3. The Morgan fingerprint density at radius 1 is 0.949 bits per heavy atom. The van der Waals surface area contributed by atoms with Gasteiger partial charge in [0.25, 0.3) is 10.0 Å². The number of para-hydroxylation sites is 2. The van der Waals surface area contributed by atoms with Gasteiger partial charge in [-0.1, -0.05) is 49.4 Å². The zero-order valence-electron chi connectivity index (χ0n) is 22.5. The minimum absolute atomic E-state index is 0.00338. The molecule has 0 aliphatic carbocycles. The molecule has 8 nitrogen and oxygen atoms in total. The summed E-state index contributed by atoms with van der Waals surface area (Å²) >= 11 is 0. The number of nitrogens with one attached hydrogen (secondary N) is 1. The number of carbonyl (C=O) groups is 2. The van der Waals surface area contributed by atoms with Crippen LogP contribution in [0.25, 0.3) is 0 Å². The van der Waals surface area contributed by atoms with Crippen LogP contribution in [0.4, 0.5) is 10.1 Å². The second-order valence-corrected chi connectivity index (χ2v) is 11.0. The first-order valence-corrected chi connectivity index (χ1v) is 14.1. The van der Waals surface area contributed by atoms with E-state index in [-0.39, 0.29) is 34.8 Å². The van der Waals surface area contributed by atoms with Gasteiger partial charge in [0.05, 0.1) is 17.7 Å². The smallest absolute Gasteiger partial charge is 0.264 e. The van der Waals surface area contributed by atoms with Crippen LogP contribution < -0.4 is 14.4 Å². The number of hydrogen-bond acceptors (Lipinski definition) is 5. The highest BCUT2D eigenvalue weighted by atomic mass is 32.2. The van der Waals surface area contributed by atoms with E-state index in [2.05, 4.69) is 5.32 Å². The second kappa shape index (κ2) is 13.2. The first-order valence-electron chi connectivity index (χ1n) is 12.6. The molecule has 0 aliphatic rings. The van der Waals surface area contributed by atoms with Crippen molar-refractivity contribution in [3.05, 3.63) is 90.2 Å². The van der Waals surface area contributed by atoms with Crippen molar-refractivity contribution in [2.24, 2.45) is 0 Å². The largest absolute Gasteiger partial charge is 0.495 e. The predicted octanol–water partition coefficient (Wildman–Crippen LogP) is 4.36. The van der Waals surface area contributed by atoms with Crippen molar-refractivity contribution >= 4 is 27.5 Å². The SMILES string of the molecule is CC[C@@H](C)NC(=O)[C@@H](C)N(Cc1ccc(F)cc1)C(=O)CN(c1ccccc1OC)S(=O)(=O)c1ccccc1. The standard InChI is InChI=1S/C29H34FN3O5S/c1-5-21(2)31-29(35)22(3)32(19-23-15-17-24(30)18-16-23)28(34)20-33(26-13-9-10-14-27(26)38-4)39(36,37)25-11-7-6-8-12-25/h6-18,21-22H,5,19-20H2,1-4H3,(H,31,35)/t21-,22-/m1/s1. The highest BCUT2D eigenvalue weighted by Crippen LogP contribution is 2.32. The van der Waals surface area contributed by atoms with E-state index in [0.29, 0.717) is 12.0 Å². The number of carbonyl (C=O) groups excluding carboxylic acids is 2. The maximum absolute atomic E-state index is 13.9. The van der Waals surface area contributed by atoms with Gasteiger partial charge in [-0.2, -0.15) is 0 Å². The average molecular weight is 556 g/mol. The monoisotopic (exact) mass is 555 g/mol. The number of methoxy groups -OCH3 is 1. The Labute approximate surface area is 229 Å². The van der Waals surface area contributed by atoms with Gasteiger partial charge in [0.2, 0.25) is 11.8 Å². The van der Waals surface area contributed by atoms with Crippen molar-refractivity contribution in [3.63, 3.8) is 0 Å². The first kappa shape index (κ1) is 29.6. The maximum Gasteiger partial charge on any atom is 0.264 e. The van der Waals surface area contributed by atoms with Gasteiger partial charge in [0.15, 0.2) is 0 Å². The molecule has 3 aromatic rings. The molecule has 0 radical (unpaired) electrons. The number of nitrogens with zero attached hydrogens (tertiary/aromatic N) is 2. The van der Waals surface area contributed by atoms with E-state index in [1.807, 2.05) is 13.8 Å². The topological polar surface area (TPSA) is 96.0 Å². The first-order chi connectivity index (χ1) is 18.6. The summed E-state index contributed by atoms with van der Waals surface area (Å²) in [5.74, 6) is -1.17. The van der Waals surface area contributed by atoms with Crippen LogP contribution in [0.5, 0.6) is 5.75 Å². The number of amides is 2. The number of halogens is 1. The normalized spacial score (nSPS) is 12.7. The molecule has 2 atom stereocenters. The Morgan fingerprint density at radius 2 is 1.56 bits per heavy atom. The molecule has 1 N–H and O–H groups in total. The molecule has 39 heavy (non-hydrogen) atoms. The van der Waals surface area contributed by atoms with Gasteiger partial charge in [-0.05, 0) is 62.2 Å². The highest BCUT2D eigenvalue weighted by Gasteiger charge is 2.33. The Balaban J connectivity index is 2.04. The van der Waals surface area contributed by atoms with Gasteiger partial charge >= 0.3 is 0 Å². The molecular weight excluding hydrogens is 521 g/mol. The van der Waals surface area contributed by atoms with Crippen molar-refractivity contribution in [2.45, 2.75) is 50.7 Å². The lowest BCUT2D eigenvalue weighted by atomic mass is 10.1. The van der Waals surface area contributed by atoms with Crippen molar-refractivity contribution in [3.8, 4) is 5.75 Å². The Morgan fingerprint density at radius 3 is 2.18 bits per heavy atom. The van der Waals surface area contributed by atoms with Crippen LogP contribution in [0.15, 0.2) is 83.8 Å². The number of hydrogen-bond donors (Lipinski definition) is 1. The van der Waals surface area contributed by atoms with Crippen molar-refractivity contribution in [2.75, 3.05) is 18.0 Å². The van der Waals surface area contributed by atoms with Gasteiger partial charge in [0.1, 0.15) is 24.2 Å². The summed E-state index contributed by atoms with van der Waals surface area (Å²) in [6.45, 7) is 4.74. The summed E-state index contributed by atoms with van der Waals surface area (Å²) in [5.41, 5.74) is 0.762. The summed E-state index contributed by atoms with van der Waals surface area (Å²) in [7, 11) is -2.79. The molecular formula is C29H34FN3O5S. The van der Waals surface area contributed by atoms with E-state index in [1.165, 1.54) is 48.4 Å². The van der Waals surface area contributed by atoms with Gasteiger partial charge in [-0.3, -0.25) is 13.9 Å². The van der Waals surface area contributed by atoms with Gasteiger partial charge in [-0.15, -0.1) is 0 Å². The molecule has 0 unspecified atom stereocenters. The molecule has 0 saturated heterocycles. The Kier molecular flexibility index (Phi) is 10.1. The fraction of sp³-hybridized carbons (Fsp3) is 0.310. The molecule has 0 aromatic heterocycles.